The van der Waals surface area contributed by atoms with Crippen LogP contribution in [0.5, 0.6) is 0 Å². The van der Waals surface area contributed by atoms with Crippen LogP contribution in [-0.4, -0.2) is 0 Å². The average molecular weight is 1100 g/mol. The zero-order valence-electron chi connectivity index (χ0n) is 34.0. The number of nitriles is 2. The molecule has 0 bridgehead atoms. The third-order valence-electron chi connectivity index (χ3n) is 10.7. The largest absolute Gasteiger partial charge is 0.237 e. The van der Waals surface area contributed by atoms with Crippen LogP contribution in [-0.2, 0) is 0 Å². The van der Waals surface area contributed by atoms with Crippen molar-refractivity contribution in [2.75, 3.05) is 0 Å². The molecule has 30 heteroatoms. The van der Waals surface area contributed by atoms with Gasteiger partial charge in [-0.05, 0) is 16.7 Å². The van der Waals surface area contributed by atoms with Crippen molar-refractivity contribution >= 4 is 16.8 Å². The minimum absolute atomic E-state index is 0.592. The summed E-state index contributed by atoms with van der Waals surface area (Å²) in [6, 6.07) is 1.18. The lowest BCUT2D eigenvalue weighted by Gasteiger charge is -2.14. The Labute approximate surface area is 393 Å². The highest BCUT2D eigenvalue weighted by atomic mass is 19.2. The monoisotopic (exact) mass is 1090 g/mol. The van der Waals surface area contributed by atoms with Crippen molar-refractivity contribution in [3.8, 4) is 45.5 Å². The van der Waals surface area contributed by atoms with E-state index in [0.717, 1.165) is 0 Å². The molecule has 0 N–H and O–H groups in total. The van der Waals surface area contributed by atoms with Crippen LogP contribution in [0.15, 0.2) is 16.7 Å². The van der Waals surface area contributed by atoms with E-state index in [2.05, 4.69) is 4.85 Å². The van der Waals surface area contributed by atoms with E-state index in [9.17, 15) is 76.4 Å². The molecule has 1 aliphatic rings. The molecule has 0 aromatic heterocycles. The fraction of sp³-hybridized carbons (Fsp3) is 0. The Morgan fingerprint density at radius 3 is 0.573 bits per heavy atom. The number of hydrogen-bond donors (Lipinski definition) is 0. The maximum absolute atomic E-state index is 16.1. The Bertz CT molecular complexity index is 3360. The second-order valence-corrected chi connectivity index (χ2v) is 14.4. The Morgan fingerprint density at radius 2 is 0.400 bits per heavy atom. The number of halogens is 27. The fourth-order valence-corrected chi connectivity index (χ4v) is 7.31. The molecule has 3 nitrogen and oxygen atoms in total. The van der Waals surface area contributed by atoms with Gasteiger partial charge in [-0.3, -0.25) is 0 Å². The van der Waals surface area contributed by atoms with Crippen LogP contribution >= 0.6 is 0 Å². The third-order valence-corrected chi connectivity index (χ3v) is 10.7. The van der Waals surface area contributed by atoms with Gasteiger partial charge in [0.2, 0.25) is 23.1 Å². The second-order valence-electron chi connectivity index (χ2n) is 14.4. The van der Waals surface area contributed by atoms with Crippen molar-refractivity contribution in [2.24, 2.45) is 0 Å². The number of benzene rings is 6. The van der Waals surface area contributed by atoms with Crippen LogP contribution < -0.4 is 0 Å². The van der Waals surface area contributed by atoms with E-state index in [1.165, 1.54) is 0 Å². The predicted octanol–water partition coefficient (Wildman–Crippen LogP) is 15.0. The Morgan fingerprint density at radius 1 is 0.240 bits per heavy atom. The molecule has 0 saturated heterocycles. The summed E-state index contributed by atoms with van der Waals surface area (Å²) in [6.07, 6.45) is 0. The fourth-order valence-electron chi connectivity index (χ4n) is 7.31. The first kappa shape index (κ1) is 53.9. The van der Waals surface area contributed by atoms with E-state index in [-0.39, 0.29) is 0 Å². The summed E-state index contributed by atoms with van der Waals surface area (Å²) in [5.41, 5.74) is -38.8. The molecule has 1 saturated carbocycles. The molecule has 384 valence electrons. The van der Waals surface area contributed by atoms with Crippen molar-refractivity contribution in [3.05, 3.63) is 202 Å². The second kappa shape index (κ2) is 18.6. The first-order valence-corrected chi connectivity index (χ1v) is 18.5. The highest BCUT2D eigenvalue weighted by molar-refractivity contribution is 6.11. The average Bonchev–Trinajstić information content (AvgIpc) is 4.10. The molecule has 1 aliphatic carbocycles. The Kier molecular flexibility index (Phi) is 13.3. The highest BCUT2D eigenvalue weighted by Crippen LogP contribution is 2.58. The van der Waals surface area contributed by atoms with Crippen molar-refractivity contribution in [2.45, 2.75) is 0 Å². The van der Waals surface area contributed by atoms with Gasteiger partial charge >= 0.3 is 0 Å². The minimum Gasteiger partial charge on any atom is -0.237 e. The molecule has 1 fully saturated rings. The summed E-state index contributed by atoms with van der Waals surface area (Å²) in [7, 11) is 0. The number of rotatable bonds is 6. The van der Waals surface area contributed by atoms with E-state index in [4.69, 9.17) is 6.57 Å². The van der Waals surface area contributed by atoms with E-state index < -0.39 is 241 Å². The van der Waals surface area contributed by atoms with Crippen LogP contribution in [0.4, 0.5) is 119 Å². The lowest BCUT2D eigenvalue weighted by Crippen LogP contribution is -2.11. The first-order chi connectivity index (χ1) is 34.9. The molecule has 0 radical (unpaired) electrons. The highest BCUT2D eigenvalue weighted by Gasteiger charge is 2.47. The maximum atomic E-state index is 16.1. The van der Waals surface area contributed by atoms with Gasteiger partial charge < -0.3 is 0 Å². The molecule has 0 heterocycles. The lowest BCUT2D eigenvalue weighted by atomic mass is 9.95. The quantitative estimate of drug-likeness (QED) is 0.0549. The molecular formula is C45F27N3. The van der Waals surface area contributed by atoms with Crippen LogP contribution in [0, 0.1) is 186 Å². The zero-order chi connectivity index (χ0) is 56.4. The molecule has 7 rings (SSSR count). The summed E-state index contributed by atoms with van der Waals surface area (Å²) in [5, 5.41) is 20.3. The molecular weight excluding hydrogens is 1100 g/mol. The van der Waals surface area contributed by atoms with E-state index in [1.54, 1.807) is 0 Å². The number of hydrogen-bond acceptors (Lipinski definition) is 2. The van der Waals surface area contributed by atoms with E-state index >= 15 is 52.7 Å². The topological polar surface area (TPSA) is 51.9 Å². The standard InChI is InChI=1S/C45F27N3/c1-75-45(17-34(62)26(54)13(27(55)35(17)63)16-32(60)40(68)44(72)41(69)33(16)61)10-6(4(2-73)8-18(46)22(50)11(23(51)19(8)47)14-28(56)36(64)42(70)37(65)29(14)57)7(10)5(3-74)9-20(48)24(52)12(25(53)21(9)49)15-30(58)38(66)43(71)39(67)31(15)59. The molecule has 6 aromatic carbocycles. The van der Waals surface area contributed by atoms with Gasteiger partial charge in [0.05, 0.1) is 67.8 Å². The van der Waals surface area contributed by atoms with Gasteiger partial charge in [-0.15, -0.1) is 0 Å². The normalized spacial score (nSPS) is 13.5. The van der Waals surface area contributed by atoms with Crippen LogP contribution in [0.25, 0.3) is 55.1 Å². The molecule has 0 spiro atoms. The van der Waals surface area contributed by atoms with Gasteiger partial charge in [-0.1, -0.05) is 0 Å². The SMILES string of the molecule is [C-]#[N+]C(=C1C(=C(C#N)c2c(F)c(F)c(-c3c(F)c(F)c(F)c(F)c3F)c(F)c2F)C1=C(C#N)c1c(F)c(F)c(-c2c(F)c(F)c(F)c(F)c2F)c(F)c1F)c1c(F)c(F)c(-c2c(F)c(F)c(F)c(F)c2F)c(F)c1F. The molecule has 0 amide bonds. The molecule has 0 unspecified atom stereocenters. The summed E-state index contributed by atoms with van der Waals surface area (Å²) in [4.78, 5) is 2.35. The summed E-state index contributed by atoms with van der Waals surface area (Å²) in [5.74, 6) is -86.1. The molecule has 6 aromatic rings. The van der Waals surface area contributed by atoms with Crippen LogP contribution in [0.3, 0.4) is 0 Å². The zero-order valence-corrected chi connectivity index (χ0v) is 34.0. The summed E-state index contributed by atoms with van der Waals surface area (Å²) >= 11 is 0. The molecule has 75 heavy (non-hydrogen) atoms. The Balaban J connectivity index is 1.68. The van der Waals surface area contributed by atoms with Gasteiger partial charge in [0.1, 0.15) is 12.1 Å². The molecule has 0 aliphatic heterocycles. The smallest absolute Gasteiger partial charge is 0.208 e. The third kappa shape index (κ3) is 7.41. The summed E-state index contributed by atoms with van der Waals surface area (Å²) < 4.78 is 405. The van der Waals surface area contributed by atoms with Gasteiger partial charge in [0.15, 0.2) is 140 Å². The van der Waals surface area contributed by atoms with E-state index in [0.29, 0.717) is 12.1 Å². The number of nitrogens with zero attached hydrogens (tertiary/aromatic N) is 3. The lowest BCUT2D eigenvalue weighted by molar-refractivity contribution is 0.379. The van der Waals surface area contributed by atoms with Crippen LogP contribution in [0.2, 0.25) is 0 Å². The van der Waals surface area contributed by atoms with Crippen molar-refractivity contribution in [1.82, 2.24) is 0 Å². The summed E-state index contributed by atoms with van der Waals surface area (Å²) in [6.45, 7) is 7.55. The first-order valence-electron chi connectivity index (χ1n) is 18.5. The van der Waals surface area contributed by atoms with Crippen molar-refractivity contribution in [1.29, 1.82) is 10.5 Å². The van der Waals surface area contributed by atoms with Gasteiger partial charge in [0.25, 0.3) is 0 Å². The van der Waals surface area contributed by atoms with Crippen LogP contribution in [0.1, 0.15) is 16.7 Å². The van der Waals surface area contributed by atoms with Gasteiger partial charge in [-0.25, -0.2) is 123 Å². The predicted molar refractivity (Wildman–Crippen MR) is 193 cm³/mol. The minimum atomic E-state index is -3.29. The van der Waals surface area contributed by atoms with Gasteiger partial charge in [0, 0.05) is 0 Å². The Hall–Kier alpha value is -8.88. The molecule has 0 atom stereocenters. The van der Waals surface area contributed by atoms with Crippen molar-refractivity contribution < 1.29 is 119 Å². The maximum Gasteiger partial charge on any atom is 0.208 e. The number of allylic oxidation sites excluding steroid dienone is 5. The van der Waals surface area contributed by atoms with E-state index in [1.807, 2.05) is 0 Å². The van der Waals surface area contributed by atoms with Gasteiger partial charge in [-0.2, -0.15) is 10.5 Å². The van der Waals surface area contributed by atoms with Crippen molar-refractivity contribution in [3.63, 3.8) is 0 Å².